The highest BCUT2D eigenvalue weighted by Crippen LogP contribution is 2.13. The van der Waals surface area contributed by atoms with Gasteiger partial charge in [-0.25, -0.2) is 0 Å². The topological polar surface area (TPSA) is 58.6 Å². The first-order valence-corrected chi connectivity index (χ1v) is 7.28. The molecule has 0 atom stereocenters. The Balaban J connectivity index is 2.47. The number of nitrogens with one attached hydrogen (secondary N) is 1. The van der Waals surface area contributed by atoms with Crippen molar-refractivity contribution < 1.29 is 14.3 Å². The molecule has 116 valence electrons. The Hall–Kier alpha value is -2.04. The number of likely N-dealkylation sites (N-methyl/N-ethyl adjacent to an activating group) is 2. The Morgan fingerprint density at radius 2 is 1.86 bits per heavy atom. The quantitative estimate of drug-likeness (QED) is 0.792. The van der Waals surface area contributed by atoms with Crippen molar-refractivity contribution >= 4 is 11.8 Å². The van der Waals surface area contributed by atoms with Gasteiger partial charge in [0, 0.05) is 19.5 Å². The van der Waals surface area contributed by atoms with Crippen LogP contribution in [-0.4, -0.2) is 43.5 Å². The second-order valence-electron chi connectivity index (χ2n) is 4.71. The first kappa shape index (κ1) is 17.0. The van der Waals surface area contributed by atoms with Crippen LogP contribution in [-0.2, 0) is 16.0 Å². The normalized spacial score (nSPS) is 10.0. The Morgan fingerprint density at radius 3 is 2.38 bits per heavy atom. The minimum Gasteiger partial charge on any atom is -0.497 e. The van der Waals surface area contributed by atoms with E-state index in [1.54, 1.807) is 12.0 Å². The van der Waals surface area contributed by atoms with Crippen LogP contribution in [0.1, 0.15) is 25.8 Å². The average molecular weight is 292 g/mol. The molecule has 0 saturated carbocycles. The molecule has 0 aliphatic carbocycles. The molecule has 1 aromatic rings. The number of nitrogens with zero attached hydrogens (tertiary/aromatic N) is 1. The van der Waals surface area contributed by atoms with Crippen LogP contribution in [0.5, 0.6) is 5.75 Å². The number of carbonyl (C=O) groups excluding carboxylic acids is 2. The zero-order chi connectivity index (χ0) is 15.7. The van der Waals surface area contributed by atoms with Crippen molar-refractivity contribution in [1.82, 2.24) is 10.2 Å². The monoisotopic (exact) mass is 292 g/mol. The van der Waals surface area contributed by atoms with Crippen molar-refractivity contribution in [2.24, 2.45) is 0 Å². The van der Waals surface area contributed by atoms with Crippen LogP contribution in [0, 0.1) is 0 Å². The van der Waals surface area contributed by atoms with Gasteiger partial charge in [-0.05, 0) is 38.0 Å². The van der Waals surface area contributed by atoms with Crippen LogP contribution in [0.2, 0.25) is 0 Å². The van der Waals surface area contributed by atoms with Gasteiger partial charge in [-0.15, -0.1) is 0 Å². The summed E-state index contributed by atoms with van der Waals surface area (Å²) in [7, 11) is 1.62. The summed E-state index contributed by atoms with van der Waals surface area (Å²) in [5.74, 6) is 0.688. The molecule has 1 aromatic carbocycles. The maximum absolute atomic E-state index is 12.1. The first-order chi connectivity index (χ1) is 10.1. The lowest BCUT2D eigenvalue weighted by Gasteiger charge is -2.20. The number of rotatable bonds is 8. The molecule has 5 heteroatoms. The van der Waals surface area contributed by atoms with Gasteiger partial charge >= 0.3 is 0 Å². The highest BCUT2D eigenvalue weighted by Gasteiger charge is 2.14. The van der Waals surface area contributed by atoms with Crippen molar-refractivity contribution in [2.45, 2.75) is 26.7 Å². The van der Waals surface area contributed by atoms with Gasteiger partial charge < -0.3 is 15.0 Å². The predicted octanol–water partition coefficient (Wildman–Crippen LogP) is 1.61. The maximum atomic E-state index is 12.1. The average Bonchev–Trinajstić information content (AvgIpc) is 2.51. The fourth-order valence-electron chi connectivity index (χ4n) is 2.00. The third kappa shape index (κ3) is 5.85. The molecule has 0 bridgehead atoms. The number of benzene rings is 1. The lowest BCUT2D eigenvalue weighted by Crippen LogP contribution is -2.40. The lowest BCUT2D eigenvalue weighted by molar-refractivity contribution is -0.135. The lowest BCUT2D eigenvalue weighted by atomic mass is 10.1. The standard InChI is InChI=1S/C16H24N2O3/c1-4-17-15(19)12-18(5-2)16(20)11-8-13-6-9-14(21-3)10-7-13/h6-7,9-10H,4-5,8,11-12H2,1-3H3,(H,17,19). The highest BCUT2D eigenvalue weighted by molar-refractivity contribution is 5.84. The molecule has 0 saturated heterocycles. The summed E-state index contributed by atoms with van der Waals surface area (Å²) in [5.41, 5.74) is 1.08. The molecular weight excluding hydrogens is 268 g/mol. The number of amides is 2. The van der Waals surface area contributed by atoms with Gasteiger partial charge in [0.25, 0.3) is 0 Å². The highest BCUT2D eigenvalue weighted by atomic mass is 16.5. The zero-order valence-corrected chi connectivity index (χ0v) is 13.0. The van der Waals surface area contributed by atoms with Gasteiger partial charge in [-0.2, -0.15) is 0 Å². The van der Waals surface area contributed by atoms with E-state index in [9.17, 15) is 9.59 Å². The van der Waals surface area contributed by atoms with Crippen LogP contribution in [0.3, 0.4) is 0 Å². The third-order valence-corrected chi connectivity index (χ3v) is 3.23. The van der Waals surface area contributed by atoms with E-state index in [1.165, 1.54) is 0 Å². The van der Waals surface area contributed by atoms with E-state index >= 15 is 0 Å². The Labute approximate surface area is 126 Å². The third-order valence-electron chi connectivity index (χ3n) is 3.23. The maximum Gasteiger partial charge on any atom is 0.239 e. The van der Waals surface area contributed by atoms with Crippen molar-refractivity contribution in [1.29, 1.82) is 0 Å². The summed E-state index contributed by atoms with van der Waals surface area (Å²) in [6.07, 6.45) is 1.06. The van der Waals surface area contributed by atoms with Crippen LogP contribution < -0.4 is 10.1 Å². The Kier molecular flexibility index (Phi) is 7.29. The second-order valence-corrected chi connectivity index (χ2v) is 4.71. The fraction of sp³-hybridized carbons (Fsp3) is 0.500. The smallest absolute Gasteiger partial charge is 0.239 e. The molecule has 2 amide bonds. The minimum absolute atomic E-state index is 0.000397. The molecule has 0 aromatic heterocycles. The molecule has 0 radical (unpaired) electrons. The van der Waals surface area contributed by atoms with Gasteiger partial charge in [0.1, 0.15) is 5.75 Å². The van der Waals surface area contributed by atoms with Gasteiger partial charge in [0.15, 0.2) is 0 Å². The molecule has 0 fully saturated rings. The van der Waals surface area contributed by atoms with E-state index in [1.807, 2.05) is 38.1 Å². The molecule has 0 unspecified atom stereocenters. The number of ether oxygens (including phenoxy) is 1. The second kappa shape index (κ2) is 9.00. The number of carbonyl (C=O) groups is 2. The largest absolute Gasteiger partial charge is 0.497 e. The molecule has 0 aliphatic rings. The van der Waals surface area contributed by atoms with E-state index in [0.29, 0.717) is 25.9 Å². The van der Waals surface area contributed by atoms with E-state index in [0.717, 1.165) is 11.3 Å². The molecular formula is C16H24N2O3. The SMILES string of the molecule is CCNC(=O)CN(CC)C(=O)CCc1ccc(OC)cc1. The van der Waals surface area contributed by atoms with Gasteiger partial charge in [0.2, 0.25) is 11.8 Å². The van der Waals surface area contributed by atoms with E-state index < -0.39 is 0 Å². The van der Waals surface area contributed by atoms with Gasteiger partial charge in [0.05, 0.1) is 13.7 Å². The van der Waals surface area contributed by atoms with Crippen LogP contribution in [0.25, 0.3) is 0 Å². The summed E-state index contributed by atoms with van der Waals surface area (Å²) < 4.78 is 5.10. The van der Waals surface area contributed by atoms with E-state index in [4.69, 9.17) is 4.74 Å². The summed E-state index contributed by atoms with van der Waals surface area (Å²) in [6.45, 7) is 4.99. The van der Waals surface area contributed by atoms with Crippen LogP contribution in [0.15, 0.2) is 24.3 Å². The number of methoxy groups -OCH3 is 1. The Bertz CT molecular complexity index is 457. The molecule has 1 N–H and O–H groups in total. The minimum atomic E-state index is -0.114. The first-order valence-electron chi connectivity index (χ1n) is 7.28. The summed E-state index contributed by atoms with van der Waals surface area (Å²) >= 11 is 0. The van der Waals surface area contributed by atoms with Crippen molar-refractivity contribution in [2.75, 3.05) is 26.7 Å². The molecule has 21 heavy (non-hydrogen) atoms. The molecule has 5 nitrogen and oxygen atoms in total. The zero-order valence-electron chi connectivity index (χ0n) is 13.0. The van der Waals surface area contributed by atoms with Crippen LogP contribution in [0.4, 0.5) is 0 Å². The summed E-state index contributed by atoms with van der Waals surface area (Å²) in [6, 6.07) is 7.66. The Morgan fingerprint density at radius 1 is 1.19 bits per heavy atom. The predicted molar refractivity (Wildman–Crippen MR) is 82.3 cm³/mol. The van der Waals surface area contributed by atoms with Crippen molar-refractivity contribution in [3.63, 3.8) is 0 Å². The van der Waals surface area contributed by atoms with Gasteiger partial charge in [-0.1, -0.05) is 12.1 Å². The summed E-state index contributed by atoms with van der Waals surface area (Å²) in [5, 5.41) is 2.70. The molecule has 0 spiro atoms. The van der Waals surface area contributed by atoms with Crippen molar-refractivity contribution in [3.8, 4) is 5.75 Å². The fourth-order valence-corrected chi connectivity index (χ4v) is 2.00. The number of hydrogen-bond donors (Lipinski definition) is 1. The molecule has 1 rings (SSSR count). The van der Waals surface area contributed by atoms with E-state index in [2.05, 4.69) is 5.32 Å². The van der Waals surface area contributed by atoms with E-state index in [-0.39, 0.29) is 18.4 Å². The van der Waals surface area contributed by atoms with Gasteiger partial charge in [-0.3, -0.25) is 9.59 Å². The number of hydrogen-bond acceptors (Lipinski definition) is 3. The van der Waals surface area contributed by atoms with Crippen molar-refractivity contribution in [3.05, 3.63) is 29.8 Å². The van der Waals surface area contributed by atoms with Crippen LogP contribution >= 0.6 is 0 Å². The number of aryl methyl sites for hydroxylation is 1. The molecule has 0 heterocycles. The molecule has 0 aliphatic heterocycles. The summed E-state index contributed by atoms with van der Waals surface area (Å²) in [4.78, 5) is 25.3.